The molecule has 1 saturated heterocycles. The largest absolute Gasteiger partial charge is 0.413 e. The Morgan fingerprint density at radius 2 is 1.46 bits per heavy atom. The first-order chi connectivity index (χ1) is 12.2. The quantitative estimate of drug-likeness (QED) is 0.188. The summed E-state index contributed by atoms with van der Waals surface area (Å²) in [5.74, 6) is 0.286. The zero-order valence-electron chi connectivity index (χ0n) is 18.4. The predicted molar refractivity (Wildman–Crippen MR) is 108 cm³/mol. The predicted octanol–water partition coefficient (Wildman–Crippen LogP) is 4.61. The van der Waals surface area contributed by atoms with Crippen LogP contribution >= 0.6 is 0 Å². The second-order valence-electron chi connectivity index (χ2n) is 8.52. The Bertz CT molecular complexity index is 367. The van der Waals surface area contributed by atoms with Crippen molar-refractivity contribution in [2.24, 2.45) is 5.92 Å². The van der Waals surface area contributed by atoms with Crippen LogP contribution < -0.4 is 0 Å². The van der Waals surface area contributed by atoms with Gasteiger partial charge in [-0.1, -0.05) is 48.5 Å². The highest BCUT2D eigenvalue weighted by Crippen LogP contribution is 2.43. The summed E-state index contributed by atoms with van der Waals surface area (Å²) in [5.41, 5.74) is 1.69. The molecular formula is C20H42O5Si. The minimum Gasteiger partial charge on any atom is -0.413 e. The minimum atomic E-state index is -1.91. The zero-order valence-corrected chi connectivity index (χ0v) is 19.4. The number of rotatable bonds is 14. The molecule has 1 heterocycles. The van der Waals surface area contributed by atoms with Gasteiger partial charge in [-0.3, -0.25) is 0 Å². The fraction of sp³-hybridized carbons (Fsp3) is 1.00. The third kappa shape index (κ3) is 6.28. The van der Waals surface area contributed by atoms with Crippen LogP contribution in [0.15, 0.2) is 0 Å². The lowest BCUT2D eigenvalue weighted by atomic mass is 10.00. The molecule has 0 spiro atoms. The van der Waals surface area contributed by atoms with E-state index >= 15 is 0 Å². The maximum atomic E-state index is 6.77. The van der Waals surface area contributed by atoms with Gasteiger partial charge in [0.25, 0.3) is 0 Å². The molecule has 6 heteroatoms. The van der Waals surface area contributed by atoms with E-state index in [1.165, 1.54) is 0 Å². The molecular weight excluding hydrogens is 348 g/mol. The van der Waals surface area contributed by atoms with Crippen molar-refractivity contribution in [2.45, 2.75) is 90.3 Å². The average molecular weight is 391 g/mol. The van der Waals surface area contributed by atoms with Crippen molar-refractivity contribution < 1.29 is 23.4 Å². The van der Waals surface area contributed by atoms with Crippen molar-refractivity contribution in [3.8, 4) is 0 Å². The van der Waals surface area contributed by atoms with E-state index in [0.717, 1.165) is 0 Å². The summed E-state index contributed by atoms with van der Waals surface area (Å²) in [4.78, 5) is 0. The normalized spacial score (nSPS) is 23.1. The molecule has 0 amide bonds. The van der Waals surface area contributed by atoms with Crippen LogP contribution in [0.1, 0.15) is 55.4 Å². The Morgan fingerprint density at radius 3 is 1.88 bits per heavy atom. The lowest BCUT2D eigenvalue weighted by Gasteiger charge is -2.43. The van der Waals surface area contributed by atoms with Gasteiger partial charge in [-0.25, -0.2) is 0 Å². The van der Waals surface area contributed by atoms with Gasteiger partial charge < -0.3 is 23.4 Å². The fourth-order valence-corrected chi connectivity index (χ4v) is 9.83. The van der Waals surface area contributed by atoms with E-state index in [4.69, 9.17) is 23.4 Å². The molecule has 0 bridgehead atoms. The molecule has 0 unspecified atom stereocenters. The fourth-order valence-electron chi connectivity index (χ4n) is 4.38. The molecule has 0 aromatic rings. The van der Waals surface area contributed by atoms with Crippen molar-refractivity contribution >= 4 is 8.32 Å². The highest BCUT2D eigenvalue weighted by atomic mass is 28.4. The molecule has 1 aliphatic rings. The molecule has 0 radical (unpaired) electrons. The van der Waals surface area contributed by atoms with Crippen LogP contribution in [0.3, 0.4) is 0 Å². The average Bonchev–Trinajstić information content (AvgIpc) is 3.28. The van der Waals surface area contributed by atoms with E-state index in [-0.39, 0.29) is 24.9 Å². The Kier molecular flexibility index (Phi) is 10.3. The van der Waals surface area contributed by atoms with E-state index < -0.39 is 8.32 Å². The maximum Gasteiger partial charge on any atom is 0.200 e. The first-order valence-corrected chi connectivity index (χ1v) is 12.3. The van der Waals surface area contributed by atoms with Crippen LogP contribution in [-0.2, 0) is 23.4 Å². The van der Waals surface area contributed by atoms with Gasteiger partial charge in [0.2, 0.25) is 0 Å². The third-order valence-corrected chi connectivity index (χ3v) is 11.9. The van der Waals surface area contributed by atoms with Gasteiger partial charge in [-0.05, 0) is 23.5 Å². The molecule has 0 aliphatic carbocycles. The topological polar surface area (TPSA) is 49.5 Å². The first-order valence-electron chi connectivity index (χ1n) is 10.2. The molecule has 0 aromatic carbocycles. The van der Waals surface area contributed by atoms with Crippen molar-refractivity contribution in [1.29, 1.82) is 0 Å². The summed E-state index contributed by atoms with van der Waals surface area (Å²) in [6.07, 6.45) is 0.555. The zero-order chi connectivity index (χ0) is 19.9. The van der Waals surface area contributed by atoms with Crippen LogP contribution in [0, 0.1) is 5.92 Å². The van der Waals surface area contributed by atoms with Crippen LogP contribution in [-0.4, -0.2) is 60.4 Å². The standard InChI is InChI=1S/C20H42O5Si/c1-14(2)26(15(3)4,16(5)6)24-12-19(17(7)20-18(8)25-20)23-13-22-11-10-21-9/h14-20H,10-13H2,1-9H3/t17-,18-,19-,20+/m0/s1. The number of methoxy groups -OCH3 is 1. The van der Waals surface area contributed by atoms with Gasteiger partial charge in [0, 0.05) is 13.0 Å². The third-order valence-electron chi connectivity index (χ3n) is 5.86. The smallest absolute Gasteiger partial charge is 0.200 e. The molecule has 1 aliphatic heterocycles. The van der Waals surface area contributed by atoms with Crippen LogP contribution in [0.4, 0.5) is 0 Å². The van der Waals surface area contributed by atoms with Crippen LogP contribution in [0.2, 0.25) is 16.6 Å². The molecule has 26 heavy (non-hydrogen) atoms. The van der Waals surface area contributed by atoms with Gasteiger partial charge in [0.1, 0.15) is 6.79 Å². The molecule has 0 N–H and O–H groups in total. The van der Waals surface area contributed by atoms with Gasteiger partial charge in [-0.15, -0.1) is 0 Å². The monoisotopic (exact) mass is 390 g/mol. The van der Waals surface area contributed by atoms with E-state index in [2.05, 4.69) is 55.4 Å². The van der Waals surface area contributed by atoms with Gasteiger partial charge in [0.05, 0.1) is 38.1 Å². The maximum absolute atomic E-state index is 6.77. The summed E-state index contributed by atoms with van der Waals surface area (Å²) in [6.45, 7) is 20.2. The molecule has 4 atom stereocenters. The van der Waals surface area contributed by atoms with Gasteiger partial charge >= 0.3 is 0 Å². The molecule has 5 nitrogen and oxygen atoms in total. The van der Waals surface area contributed by atoms with E-state index in [1.54, 1.807) is 7.11 Å². The van der Waals surface area contributed by atoms with Gasteiger partial charge in [-0.2, -0.15) is 0 Å². The first kappa shape index (κ1) is 24.1. The molecule has 0 saturated carbocycles. The number of epoxide rings is 1. The lowest BCUT2D eigenvalue weighted by Crippen LogP contribution is -2.50. The molecule has 1 fully saturated rings. The number of ether oxygens (including phenoxy) is 4. The molecule has 1 rings (SSSR count). The lowest BCUT2D eigenvalue weighted by molar-refractivity contribution is -0.124. The Labute approximate surface area is 162 Å². The van der Waals surface area contributed by atoms with E-state index in [1.807, 2.05) is 0 Å². The number of hydrogen-bond acceptors (Lipinski definition) is 5. The van der Waals surface area contributed by atoms with Crippen molar-refractivity contribution in [3.05, 3.63) is 0 Å². The molecule has 156 valence electrons. The van der Waals surface area contributed by atoms with Crippen LogP contribution in [0.25, 0.3) is 0 Å². The van der Waals surface area contributed by atoms with Gasteiger partial charge in [0.15, 0.2) is 8.32 Å². The number of hydrogen-bond donors (Lipinski definition) is 0. The Hall–Kier alpha value is 0.0169. The van der Waals surface area contributed by atoms with Crippen LogP contribution in [0.5, 0.6) is 0 Å². The van der Waals surface area contributed by atoms with Crippen molar-refractivity contribution in [3.63, 3.8) is 0 Å². The van der Waals surface area contributed by atoms with Crippen molar-refractivity contribution in [2.75, 3.05) is 33.7 Å². The Morgan fingerprint density at radius 1 is 0.923 bits per heavy atom. The van der Waals surface area contributed by atoms with Crippen molar-refractivity contribution in [1.82, 2.24) is 0 Å². The second-order valence-corrected chi connectivity index (χ2v) is 14.0. The highest BCUT2D eigenvalue weighted by molar-refractivity contribution is 6.77. The second kappa shape index (κ2) is 11.1. The van der Waals surface area contributed by atoms with E-state index in [0.29, 0.717) is 42.5 Å². The summed E-state index contributed by atoms with van der Waals surface area (Å²) >= 11 is 0. The highest BCUT2D eigenvalue weighted by Gasteiger charge is 2.47. The summed E-state index contributed by atoms with van der Waals surface area (Å²) in [6, 6.07) is 0. The van der Waals surface area contributed by atoms with E-state index in [9.17, 15) is 0 Å². The summed E-state index contributed by atoms with van der Waals surface area (Å²) in [5, 5.41) is 0. The summed E-state index contributed by atoms with van der Waals surface area (Å²) in [7, 11) is -0.240. The Balaban J connectivity index is 2.73. The summed E-state index contributed by atoms with van der Waals surface area (Å²) < 4.78 is 29.1. The SMILES string of the molecule is COCCOCO[C@@H](CO[Si](C(C)C)(C(C)C)C(C)C)[C@H](C)[C@H]1O[C@H]1C. The minimum absolute atomic E-state index is 0.0179. The molecule has 0 aromatic heterocycles.